The van der Waals surface area contributed by atoms with Crippen molar-refractivity contribution in [2.24, 2.45) is 0 Å². The van der Waals surface area contributed by atoms with E-state index in [4.69, 9.17) is 13.9 Å². The van der Waals surface area contributed by atoms with Crippen molar-refractivity contribution >= 4 is 46.4 Å². The molecule has 0 radical (unpaired) electrons. The molecule has 2 aromatic carbocycles. The van der Waals surface area contributed by atoms with Crippen molar-refractivity contribution in [1.29, 1.82) is 0 Å². The zero-order valence-corrected chi connectivity index (χ0v) is 18.7. The highest BCUT2D eigenvalue weighted by molar-refractivity contribution is 7.98. The second-order valence-corrected chi connectivity index (χ2v) is 8.28. The highest BCUT2D eigenvalue weighted by atomic mass is 32.2. The molecule has 0 spiro atoms. The summed E-state index contributed by atoms with van der Waals surface area (Å²) in [4.78, 5) is 39.2. The molecule has 172 valence electrons. The van der Waals surface area contributed by atoms with E-state index in [9.17, 15) is 14.4 Å². The predicted octanol–water partition coefficient (Wildman–Crippen LogP) is 2.78. The molecule has 2 heterocycles. The molecule has 2 amide bonds. The standard InChI is InChI=1S/C23H23N3O6S/c1-33-11-8-16(22(28)24-15-4-6-18-17(13-15)26-23(29)32-18)25-21(27)7-3-14-2-5-19-20(12-14)31-10-9-30-19/h2-7,12-13,16H,8-11H2,1H3,(H,24,28)(H,25,27)(H,26,29). The molecule has 1 unspecified atom stereocenters. The number of benzene rings is 2. The van der Waals surface area contributed by atoms with Gasteiger partial charge >= 0.3 is 5.76 Å². The summed E-state index contributed by atoms with van der Waals surface area (Å²) in [5.41, 5.74) is 2.14. The van der Waals surface area contributed by atoms with Crippen molar-refractivity contribution in [3.05, 3.63) is 58.6 Å². The van der Waals surface area contributed by atoms with Crippen LogP contribution in [0.4, 0.5) is 5.69 Å². The lowest BCUT2D eigenvalue weighted by Gasteiger charge is -2.18. The third-order valence-electron chi connectivity index (χ3n) is 4.92. The molecule has 0 bridgehead atoms. The Hall–Kier alpha value is -3.66. The quantitative estimate of drug-likeness (QED) is 0.434. The number of H-pyrrole nitrogens is 1. The van der Waals surface area contributed by atoms with Gasteiger partial charge in [0, 0.05) is 11.8 Å². The fraction of sp³-hybridized carbons (Fsp3) is 0.261. The molecule has 0 saturated heterocycles. The normalized spacial score (nSPS) is 13.7. The van der Waals surface area contributed by atoms with Gasteiger partial charge in [0.2, 0.25) is 11.8 Å². The lowest BCUT2D eigenvalue weighted by atomic mass is 10.1. The number of nitrogens with one attached hydrogen (secondary N) is 3. The van der Waals surface area contributed by atoms with E-state index < -0.39 is 11.8 Å². The maximum Gasteiger partial charge on any atom is 0.417 e. The Balaban J connectivity index is 1.41. The summed E-state index contributed by atoms with van der Waals surface area (Å²) in [5.74, 6) is 0.698. The van der Waals surface area contributed by atoms with E-state index in [2.05, 4.69) is 15.6 Å². The fourth-order valence-corrected chi connectivity index (χ4v) is 3.79. The number of rotatable bonds is 8. The molecular formula is C23H23N3O6S. The van der Waals surface area contributed by atoms with Crippen LogP contribution in [0.5, 0.6) is 11.5 Å². The Morgan fingerprint density at radius 1 is 1.15 bits per heavy atom. The molecule has 1 aliphatic rings. The Labute approximate surface area is 193 Å². The van der Waals surface area contributed by atoms with E-state index in [1.807, 2.05) is 12.3 Å². The van der Waals surface area contributed by atoms with Crippen LogP contribution in [0.2, 0.25) is 0 Å². The van der Waals surface area contributed by atoms with Gasteiger partial charge in [-0.3, -0.25) is 14.6 Å². The first-order chi connectivity index (χ1) is 16.0. The molecule has 1 atom stereocenters. The topological polar surface area (TPSA) is 123 Å². The number of carbonyl (C=O) groups excluding carboxylic acids is 2. The lowest BCUT2D eigenvalue weighted by Crippen LogP contribution is -2.43. The van der Waals surface area contributed by atoms with E-state index in [-0.39, 0.29) is 11.8 Å². The summed E-state index contributed by atoms with van der Waals surface area (Å²) >= 11 is 1.58. The smallest absolute Gasteiger partial charge is 0.417 e. The van der Waals surface area contributed by atoms with Gasteiger partial charge in [0.15, 0.2) is 17.1 Å². The zero-order chi connectivity index (χ0) is 23.2. The van der Waals surface area contributed by atoms with Crippen molar-refractivity contribution in [3.8, 4) is 11.5 Å². The molecule has 0 aliphatic carbocycles. The zero-order valence-electron chi connectivity index (χ0n) is 17.9. The summed E-state index contributed by atoms with van der Waals surface area (Å²) in [7, 11) is 0. The number of anilines is 1. The van der Waals surface area contributed by atoms with Crippen LogP contribution in [0.15, 0.2) is 51.7 Å². The molecule has 1 aromatic heterocycles. The largest absolute Gasteiger partial charge is 0.486 e. The van der Waals surface area contributed by atoms with E-state index in [0.29, 0.717) is 53.7 Å². The number of oxazole rings is 1. The number of aromatic nitrogens is 1. The molecule has 9 nitrogen and oxygen atoms in total. The number of thioether (sulfide) groups is 1. The molecule has 33 heavy (non-hydrogen) atoms. The Bertz CT molecular complexity index is 1250. The van der Waals surface area contributed by atoms with Gasteiger partial charge in [-0.1, -0.05) is 6.07 Å². The van der Waals surface area contributed by atoms with Crippen molar-refractivity contribution < 1.29 is 23.5 Å². The number of hydrogen-bond acceptors (Lipinski definition) is 7. The fourth-order valence-electron chi connectivity index (χ4n) is 3.32. The third kappa shape index (κ3) is 5.78. The highest BCUT2D eigenvalue weighted by Gasteiger charge is 2.20. The molecule has 10 heteroatoms. The van der Waals surface area contributed by atoms with Gasteiger partial charge in [0.25, 0.3) is 0 Å². The highest BCUT2D eigenvalue weighted by Crippen LogP contribution is 2.31. The van der Waals surface area contributed by atoms with E-state index in [1.165, 1.54) is 6.08 Å². The summed E-state index contributed by atoms with van der Waals surface area (Å²) in [6.07, 6.45) is 5.43. The van der Waals surface area contributed by atoms with Crippen LogP contribution in [0.1, 0.15) is 12.0 Å². The third-order valence-corrected chi connectivity index (χ3v) is 5.57. The summed E-state index contributed by atoms with van der Waals surface area (Å²) in [6.45, 7) is 0.995. The van der Waals surface area contributed by atoms with Crippen molar-refractivity contribution in [1.82, 2.24) is 10.3 Å². The molecule has 3 aromatic rings. The monoisotopic (exact) mass is 469 g/mol. The molecule has 3 N–H and O–H groups in total. The minimum absolute atomic E-state index is 0.352. The van der Waals surface area contributed by atoms with Gasteiger partial charge in [-0.15, -0.1) is 0 Å². The van der Waals surface area contributed by atoms with Crippen LogP contribution < -0.4 is 25.9 Å². The Morgan fingerprint density at radius 3 is 2.79 bits per heavy atom. The van der Waals surface area contributed by atoms with Crippen molar-refractivity contribution in [2.45, 2.75) is 12.5 Å². The minimum atomic E-state index is -0.728. The summed E-state index contributed by atoms with van der Waals surface area (Å²) < 4.78 is 16.0. The van der Waals surface area contributed by atoms with Crippen molar-refractivity contribution in [3.63, 3.8) is 0 Å². The van der Waals surface area contributed by atoms with Gasteiger partial charge < -0.3 is 24.5 Å². The van der Waals surface area contributed by atoms with Crippen LogP contribution in [0, 0.1) is 0 Å². The van der Waals surface area contributed by atoms with Crippen LogP contribution in [0.3, 0.4) is 0 Å². The van der Waals surface area contributed by atoms with Crippen LogP contribution in [0.25, 0.3) is 17.2 Å². The maximum atomic E-state index is 12.8. The van der Waals surface area contributed by atoms with E-state index >= 15 is 0 Å². The first-order valence-electron chi connectivity index (χ1n) is 10.3. The minimum Gasteiger partial charge on any atom is -0.486 e. The number of carbonyl (C=O) groups is 2. The van der Waals surface area contributed by atoms with Crippen LogP contribution >= 0.6 is 11.8 Å². The number of amides is 2. The Morgan fingerprint density at radius 2 is 1.97 bits per heavy atom. The summed E-state index contributed by atoms with van der Waals surface area (Å²) in [5, 5.41) is 5.55. The van der Waals surface area contributed by atoms with Crippen LogP contribution in [-0.4, -0.2) is 48.1 Å². The van der Waals surface area contributed by atoms with Crippen LogP contribution in [-0.2, 0) is 9.59 Å². The number of aromatic amines is 1. The molecule has 1 aliphatic heterocycles. The SMILES string of the molecule is CSCCC(NC(=O)C=Cc1ccc2c(c1)OCCO2)C(=O)Nc1ccc2oc(=O)[nH]c2c1. The summed E-state index contributed by atoms with van der Waals surface area (Å²) in [6, 6.07) is 9.52. The first-order valence-corrected chi connectivity index (χ1v) is 11.7. The second kappa shape index (κ2) is 10.3. The van der Waals surface area contributed by atoms with Crippen molar-refractivity contribution in [2.75, 3.05) is 30.5 Å². The van der Waals surface area contributed by atoms with E-state index in [1.54, 1.807) is 48.2 Å². The Kier molecular flexibility index (Phi) is 7.04. The number of ether oxygens (including phenoxy) is 2. The average molecular weight is 470 g/mol. The average Bonchev–Trinajstić information content (AvgIpc) is 3.19. The van der Waals surface area contributed by atoms with Gasteiger partial charge in [0.1, 0.15) is 19.3 Å². The van der Waals surface area contributed by atoms with Gasteiger partial charge in [-0.05, 0) is 60.4 Å². The predicted molar refractivity (Wildman–Crippen MR) is 127 cm³/mol. The lowest BCUT2D eigenvalue weighted by molar-refractivity contribution is -0.123. The molecule has 0 saturated carbocycles. The molecule has 4 rings (SSSR count). The molecular weight excluding hydrogens is 446 g/mol. The van der Waals surface area contributed by atoms with Gasteiger partial charge in [-0.25, -0.2) is 4.79 Å². The second-order valence-electron chi connectivity index (χ2n) is 7.29. The maximum absolute atomic E-state index is 12.8. The number of hydrogen-bond donors (Lipinski definition) is 3. The number of fused-ring (bicyclic) bond motifs is 2. The van der Waals surface area contributed by atoms with Gasteiger partial charge in [0.05, 0.1) is 5.52 Å². The van der Waals surface area contributed by atoms with E-state index in [0.717, 1.165) is 5.56 Å². The van der Waals surface area contributed by atoms with Gasteiger partial charge in [-0.2, -0.15) is 11.8 Å². The first kappa shape index (κ1) is 22.5. The molecule has 0 fully saturated rings.